The zero-order chi connectivity index (χ0) is 26.8. The molecule has 37 heavy (non-hydrogen) atoms. The van der Waals surface area contributed by atoms with Crippen molar-refractivity contribution in [1.82, 2.24) is 24.5 Å². The number of hydrogen-bond acceptors (Lipinski definition) is 7. The summed E-state index contributed by atoms with van der Waals surface area (Å²) in [4.78, 5) is 30.5. The zero-order valence-electron chi connectivity index (χ0n) is 22.0. The second-order valence-electron chi connectivity index (χ2n) is 8.85. The van der Waals surface area contributed by atoms with E-state index in [0.29, 0.717) is 29.7 Å². The number of aromatic nitrogens is 5. The lowest BCUT2D eigenvalue weighted by molar-refractivity contribution is 0.441. The number of halogens is 1. The first-order chi connectivity index (χ1) is 18.0. The van der Waals surface area contributed by atoms with Gasteiger partial charge in [-0.3, -0.25) is 14.3 Å². The van der Waals surface area contributed by atoms with Crippen molar-refractivity contribution in [2.24, 2.45) is 5.73 Å². The minimum Gasteiger partial charge on any atom is -0.357 e. The van der Waals surface area contributed by atoms with Crippen molar-refractivity contribution in [2.45, 2.75) is 58.5 Å². The molecular weight excluding hydrogens is 486 g/mol. The quantitative estimate of drug-likeness (QED) is 0.345. The molecule has 0 bridgehead atoms. The number of pyridine rings is 1. The third-order valence-corrected chi connectivity index (χ3v) is 6.26. The van der Waals surface area contributed by atoms with Crippen molar-refractivity contribution in [3.05, 3.63) is 65.0 Å². The summed E-state index contributed by atoms with van der Waals surface area (Å²) in [6.07, 6.45) is 13.3. The second-order valence-corrected chi connectivity index (χ2v) is 8.85. The van der Waals surface area contributed by atoms with Crippen LogP contribution in [0.1, 0.15) is 44.7 Å². The monoisotopic (exact) mass is 521 g/mol. The standard InChI is InChI=1S/C21H20N6O.C6H13N.CH3Cl/c1-4-27-19-16(11-24-21(22-3)26-19)9-17(20(27)28)14-5-7-15(8-6-14)18-12-23-10-13(2)25-18;7-6-4-2-1-3-5-6;1-2/h5-12H,4H2,1-3H3,(H,22,24,26);6H,1-5,7H2;1H3. The van der Waals surface area contributed by atoms with Gasteiger partial charge in [-0.25, -0.2) is 9.97 Å². The predicted molar refractivity (Wildman–Crippen MR) is 153 cm³/mol. The maximum atomic E-state index is 13.1. The first-order valence-corrected chi connectivity index (χ1v) is 13.4. The average Bonchev–Trinajstić information content (AvgIpc) is 2.94. The molecule has 196 valence electrons. The van der Waals surface area contributed by atoms with Crippen LogP contribution < -0.4 is 16.6 Å². The van der Waals surface area contributed by atoms with E-state index in [9.17, 15) is 4.79 Å². The summed E-state index contributed by atoms with van der Waals surface area (Å²) < 4.78 is 1.67. The largest absolute Gasteiger partial charge is 0.357 e. The van der Waals surface area contributed by atoms with Crippen molar-refractivity contribution in [2.75, 3.05) is 18.7 Å². The lowest BCUT2D eigenvalue weighted by Gasteiger charge is -2.15. The Hall–Kier alpha value is -3.36. The summed E-state index contributed by atoms with van der Waals surface area (Å²) in [6, 6.07) is 10.2. The lowest BCUT2D eigenvalue weighted by Crippen LogP contribution is -2.22. The lowest BCUT2D eigenvalue weighted by atomic mass is 9.97. The Bertz CT molecular complexity index is 1350. The van der Waals surface area contributed by atoms with Gasteiger partial charge < -0.3 is 11.1 Å². The average molecular weight is 522 g/mol. The van der Waals surface area contributed by atoms with Crippen LogP contribution >= 0.6 is 11.6 Å². The summed E-state index contributed by atoms with van der Waals surface area (Å²) in [5, 5.41) is 3.74. The summed E-state index contributed by atoms with van der Waals surface area (Å²) in [6.45, 7) is 4.38. The highest BCUT2D eigenvalue weighted by atomic mass is 35.5. The highest BCUT2D eigenvalue weighted by Gasteiger charge is 2.13. The van der Waals surface area contributed by atoms with Gasteiger partial charge in [0.25, 0.3) is 5.56 Å². The van der Waals surface area contributed by atoms with E-state index in [1.165, 1.54) is 38.5 Å². The first kappa shape index (κ1) is 28.2. The fourth-order valence-corrected chi connectivity index (χ4v) is 4.34. The van der Waals surface area contributed by atoms with E-state index >= 15 is 0 Å². The predicted octanol–water partition coefficient (Wildman–Crippen LogP) is 5.42. The molecule has 4 aromatic rings. The molecule has 3 aromatic heterocycles. The molecule has 9 heteroatoms. The van der Waals surface area contributed by atoms with Gasteiger partial charge in [0.2, 0.25) is 5.95 Å². The van der Waals surface area contributed by atoms with Crippen LogP contribution in [0.5, 0.6) is 0 Å². The van der Waals surface area contributed by atoms with Crippen molar-refractivity contribution < 1.29 is 0 Å². The molecule has 0 radical (unpaired) electrons. The van der Waals surface area contributed by atoms with Gasteiger partial charge in [-0.05, 0) is 38.3 Å². The highest BCUT2D eigenvalue weighted by Crippen LogP contribution is 2.24. The Morgan fingerprint density at radius 3 is 2.27 bits per heavy atom. The van der Waals surface area contributed by atoms with E-state index in [-0.39, 0.29) is 5.56 Å². The van der Waals surface area contributed by atoms with Gasteiger partial charge in [0.05, 0.1) is 17.6 Å². The maximum absolute atomic E-state index is 13.1. The van der Waals surface area contributed by atoms with E-state index in [1.807, 2.05) is 44.2 Å². The number of alkyl halides is 1. The SMILES string of the molecule is CCl.CCn1c(=O)c(-c2ccc(-c3cncc(C)n3)cc2)cc2cnc(NC)nc21.NC1CCCCC1. The highest BCUT2D eigenvalue weighted by molar-refractivity contribution is 6.15. The second kappa shape index (κ2) is 13.8. The van der Waals surface area contributed by atoms with Gasteiger partial charge >= 0.3 is 0 Å². The van der Waals surface area contributed by atoms with Crippen LogP contribution in [0.3, 0.4) is 0 Å². The minimum atomic E-state index is -0.0705. The van der Waals surface area contributed by atoms with Gasteiger partial charge in [-0.2, -0.15) is 4.98 Å². The fraction of sp³-hybridized carbons (Fsp3) is 0.393. The molecule has 0 unspecified atom stereocenters. The smallest absolute Gasteiger partial charge is 0.260 e. The number of nitrogens with two attached hydrogens (primary N) is 1. The molecule has 0 aliphatic heterocycles. The summed E-state index contributed by atoms with van der Waals surface area (Å²) in [5.74, 6) is 0.491. The number of aryl methyl sites for hydroxylation is 2. The van der Waals surface area contributed by atoms with Crippen molar-refractivity contribution in [1.29, 1.82) is 0 Å². The summed E-state index contributed by atoms with van der Waals surface area (Å²) >= 11 is 4.64. The van der Waals surface area contributed by atoms with Gasteiger partial charge in [0.15, 0.2) is 0 Å². The van der Waals surface area contributed by atoms with Crippen LogP contribution in [0.25, 0.3) is 33.4 Å². The van der Waals surface area contributed by atoms with E-state index in [2.05, 4.69) is 36.9 Å². The van der Waals surface area contributed by atoms with Crippen LogP contribution in [0.15, 0.2) is 53.7 Å². The Labute approximate surface area is 223 Å². The van der Waals surface area contributed by atoms with E-state index in [4.69, 9.17) is 5.73 Å². The molecular formula is C28H36ClN7O. The van der Waals surface area contributed by atoms with E-state index in [0.717, 1.165) is 27.9 Å². The van der Waals surface area contributed by atoms with Crippen LogP contribution in [-0.2, 0) is 6.54 Å². The van der Waals surface area contributed by atoms with Gasteiger partial charge in [0, 0.05) is 54.9 Å². The molecule has 1 saturated carbocycles. The minimum absolute atomic E-state index is 0.0705. The topological polar surface area (TPSA) is 112 Å². The number of nitrogens with zero attached hydrogens (tertiary/aromatic N) is 5. The molecule has 0 amide bonds. The normalized spacial score (nSPS) is 13.2. The van der Waals surface area contributed by atoms with Crippen LogP contribution in [0.2, 0.25) is 0 Å². The first-order valence-electron chi connectivity index (χ1n) is 12.6. The molecule has 5 rings (SSSR count). The van der Waals surface area contributed by atoms with E-state index in [1.54, 1.807) is 30.2 Å². The summed E-state index contributed by atoms with van der Waals surface area (Å²) in [5.41, 5.74) is 10.3. The number of fused-ring (bicyclic) bond motifs is 1. The van der Waals surface area contributed by atoms with Crippen LogP contribution in [0, 0.1) is 6.92 Å². The van der Waals surface area contributed by atoms with Gasteiger partial charge in [-0.1, -0.05) is 43.5 Å². The van der Waals surface area contributed by atoms with Crippen LogP contribution in [0.4, 0.5) is 5.95 Å². The molecule has 1 fully saturated rings. The van der Waals surface area contributed by atoms with Crippen LogP contribution in [-0.4, -0.2) is 44.0 Å². The Morgan fingerprint density at radius 1 is 1.03 bits per heavy atom. The third kappa shape index (κ3) is 7.11. The Morgan fingerprint density at radius 2 is 1.70 bits per heavy atom. The molecule has 3 heterocycles. The molecule has 1 aromatic carbocycles. The zero-order valence-corrected chi connectivity index (χ0v) is 22.8. The molecule has 8 nitrogen and oxygen atoms in total. The van der Waals surface area contributed by atoms with E-state index < -0.39 is 0 Å². The van der Waals surface area contributed by atoms with Crippen molar-refractivity contribution in [3.63, 3.8) is 0 Å². The molecule has 0 saturated heterocycles. The number of anilines is 1. The van der Waals surface area contributed by atoms with Crippen molar-refractivity contribution in [3.8, 4) is 22.4 Å². The molecule has 1 aliphatic rings. The third-order valence-electron chi connectivity index (χ3n) is 6.26. The Kier molecular flexibility index (Phi) is 10.5. The molecule has 1 aliphatic carbocycles. The number of benzene rings is 1. The number of hydrogen-bond donors (Lipinski definition) is 2. The van der Waals surface area contributed by atoms with Crippen molar-refractivity contribution >= 4 is 28.6 Å². The molecule has 0 atom stereocenters. The fourth-order valence-electron chi connectivity index (χ4n) is 4.34. The maximum Gasteiger partial charge on any atom is 0.260 e. The molecule has 0 spiro atoms. The Balaban J connectivity index is 0.000000361. The molecule has 3 N–H and O–H groups in total. The van der Waals surface area contributed by atoms with Gasteiger partial charge in [-0.15, -0.1) is 11.6 Å². The number of nitrogens with one attached hydrogen (secondary N) is 1. The number of rotatable bonds is 4. The summed E-state index contributed by atoms with van der Waals surface area (Å²) in [7, 11) is 1.75. The van der Waals surface area contributed by atoms with Gasteiger partial charge in [0.1, 0.15) is 5.65 Å².